The van der Waals surface area contributed by atoms with Crippen LogP contribution in [0.15, 0.2) is 18.2 Å². The van der Waals surface area contributed by atoms with Crippen LogP contribution in [0.1, 0.15) is 30.4 Å². The Bertz CT molecular complexity index is 356. The van der Waals surface area contributed by atoms with Gasteiger partial charge in [-0.05, 0) is 31.9 Å². The summed E-state index contributed by atoms with van der Waals surface area (Å²) in [5, 5.41) is 0. The highest BCUT2D eigenvalue weighted by Crippen LogP contribution is 2.37. The molecular formula is C13H20N2. The zero-order valence-corrected chi connectivity index (χ0v) is 9.83. The fourth-order valence-corrected chi connectivity index (χ4v) is 2.53. The summed E-state index contributed by atoms with van der Waals surface area (Å²) in [5.74, 6) is 0.616. The minimum atomic E-state index is 0.287. The van der Waals surface area contributed by atoms with Gasteiger partial charge in [0, 0.05) is 31.2 Å². The molecule has 15 heavy (non-hydrogen) atoms. The topological polar surface area (TPSA) is 29.3 Å². The molecule has 1 aromatic rings. The zero-order valence-electron chi connectivity index (χ0n) is 9.83. The standard InChI is InChI=1S/C13H20N2/c1-9-4-5-13-12(6-9)11(7-10(2)14)8-15(13)3/h4-6,10-11H,7-8,14H2,1-3H3. The van der Waals surface area contributed by atoms with E-state index >= 15 is 0 Å². The highest BCUT2D eigenvalue weighted by atomic mass is 15.1. The van der Waals surface area contributed by atoms with Gasteiger partial charge in [-0.15, -0.1) is 0 Å². The van der Waals surface area contributed by atoms with Gasteiger partial charge in [0.1, 0.15) is 0 Å². The number of likely N-dealkylation sites (N-methyl/N-ethyl adjacent to an activating group) is 1. The lowest BCUT2D eigenvalue weighted by atomic mass is 9.94. The van der Waals surface area contributed by atoms with E-state index in [1.165, 1.54) is 16.8 Å². The van der Waals surface area contributed by atoms with E-state index in [2.05, 4.69) is 44.0 Å². The molecule has 2 nitrogen and oxygen atoms in total. The molecular weight excluding hydrogens is 184 g/mol. The minimum Gasteiger partial charge on any atom is -0.374 e. The average molecular weight is 204 g/mol. The molecule has 0 radical (unpaired) electrons. The van der Waals surface area contributed by atoms with Gasteiger partial charge in [0.2, 0.25) is 0 Å². The second-order valence-electron chi connectivity index (χ2n) is 4.85. The van der Waals surface area contributed by atoms with E-state index in [0.717, 1.165) is 13.0 Å². The van der Waals surface area contributed by atoms with Gasteiger partial charge in [0.15, 0.2) is 0 Å². The summed E-state index contributed by atoms with van der Waals surface area (Å²) < 4.78 is 0. The number of anilines is 1. The van der Waals surface area contributed by atoms with E-state index in [1.54, 1.807) is 0 Å². The average Bonchev–Trinajstić information content (AvgIpc) is 2.42. The Labute approximate surface area is 92.1 Å². The first-order chi connectivity index (χ1) is 7.08. The van der Waals surface area contributed by atoms with Crippen LogP contribution in [-0.2, 0) is 0 Å². The van der Waals surface area contributed by atoms with Gasteiger partial charge < -0.3 is 10.6 Å². The van der Waals surface area contributed by atoms with Crippen molar-refractivity contribution in [1.29, 1.82) is 0 Å². The van der Waals surface area contributed by atoms with Crippen LogP contribution in [-0.4, -0.2) is 19.6 Å². The van der Waals surface area contributed by atoms with Crippen molar-refractivity contribution in [2.45, 2.75) is 32.2 Å². The summed E-state index contributed by atoms with van der Waals surface area (Å²) in [6.45, 7) is 5.36. The van der Waals surface area contributed by atoms with Crippen LogP contribution in [0.3, 0.4) is 0 Å². The summed E-state index contributed by atoms with van der Waals surface area (Å²) in [7, 11) is 2.16. The van der Waals surface area contributed by atoms with Crippen LogP contribution in [0.5, 0.6) is 0 Å². The van der Waals surface area contributed by atoms with E-state index < -0.39 is 0 Å². The van der Waals surface area contributed by atoms with Crippen LogP contribution in [0, 0.1) is 6.92 Å². The van der Waals surface area contributed by atoms with E-state index in [0.29, 0.717) is 5.92 Å². The highest BCUT2D eigenvalue weighted by Gasteiger charge is 2.26. The number of benzene rings is 1. The molecule has 0 aromatic heterocycles. The van der Waals surface area contributed by atoms with Crippen LogP contribution in [0.25, 0.3) is 0 Å². The number of hydrogen-bond donors (Lipinski definition) is 1. The monoisotopic (exact) mass is 204 g/mol. The molecule has 0 saturated heterocycles. The second-order valence-corrected chi connectivity index (χ2v) is 4.85. The summed E-state index contributed by atoms with van der Waals surface area (Å²) in [4.78, 5) is 2.34. The molecule has 0 fully saturated rings. The Hall–Kier alpha value is -1.02. The molecule has 0 saturated carbocycles. The van der Waals surface area contributed by atoms with Gasteiger partial charge >= 0.3 is 0 Å². The van der Waals surface area contributed by atoms with Crippen molar-refractivity contribution in [2.24, 2.45) is 5.73 Å². The smallest absolute Gasteiger partial charge is 0.0400 e. The third-order valence-corrected chi connectivity index (χ3v) is 3.18. The lowest BCUT2D eigenvalue weighted by molar-refractivity contribution is 0.572. The van der Waals surface area contributed by atoms with Crippen LogP contribution in [0.4, 0.5) is 5.69 Å². The molecule has 1 aliphatic heterocycles. The molecule has 2 heteroatoms. The normalized spacial score (nSPS) is 21.6. The minimum absolute atomic E-state index is 0.287. The largest absolute Gasteiger partial charge is 0.374 e. The Balaban J connectivity index is 2.31. The van der Waals surface area contributed by atoms with Gasteiger partial charge in [-0.2, -0.15) is 0 Å². The molecule has 2 atom stereocenters. The predicted molar refractivity (Wildman–Crippen MR) is 65.5 cm³/mol. The van der Waals surface area contributed by atoms with Gasteiger partial charge in [-0.25, -0.2) is 0 Å². The third kappa shape index (κ3) is 2.00. The molecule has 0 aliphatic carbocycles. The fraction of sp³-hybridized carbons (Fsp3) is 0.538. The van der Waals surface area contributed by atoms with Crippen molar-refractivity contribution in [3.05, 3.63) is 29.3 Å². The van der Waals surface area contributed by atoms with Crippen LogP contribution >= 0.6 is 0 Å². The number of hydrogen-bond acceptors (Lipinski definition) is 2. The molecule has 82 valence electrons. The maximum Gasteiger partial charge on any atom is 0.0400 e. The highest BCUT2D eigenvalue weighted by molar-refractivity contribution is 5.60. The quantitative estimate of drug-likeness (QED) is 0.800. The molecule has 2 rings (SSSR count). The van der Waals surface area contributed by atoms with Gasteiger partial charge in [0.25, 0.3) is 0 Å². The number of rotatable bonds is 2. The maximum atomic E-state index is 5.89. The predicted octanol–water partition coefficient (Wildman–Crippen LogP) is 2.27. The Morgan fingerprint density at radius 3 is 2.93 bits per heavy atom. The van der Waals surface area contributed by atoms with Crippen molar-refractivity contribution in [2.75, 3.05) is 18.5 Å². The molecule has 2 unspecified atom stereocenters. The molecule has 0 bridgehead atoms. The van der Waals surface area contributed by atoms with E-state index in [1.807, 2.05) is 0 Å². The van der Waals surface area contributed by atoms with Crippen LogP contribution in [0.2, 0.25) is 0 Å². The SMILES string of the molecule is Cc1ccc2c(c1)C(CC(C)N)CN2C. The lowest BCUT2D eigenvalue weighted by Gasteiger charge is -2.14. The molecule has 1 heterocycles. The molecule has 0 spiro atoms. The van der Waals surface area contributed by atoms with E-state index in [4.69, 9.17) is 5.73 Å². The zero-order chi connectivity index (χ0) is 11.0. The third-order valence-electron chi connectivity index (χ3n) is 3.18. The van der Waals surface area contributed by atoms with Crippen molar-refractivity contribution >= 4 is 5.69 Å². The van der Waals surface area contributed by atoms with Gasteiger partial charge in [-0.3, -0.25) is 0 Å². The van der Waals surface area contributed by atoms with Crippen molar-refractivity contribution < 1.29 is 0 Å². The second kappa shape index (κ2) is 3.86. The van der Waals surface area contributed by atoms with E-state index in [9.17, 15) is 0 Å². The lowest BCUT2D eigenvalue weighted by Crippen LogP contribution is -2.22. The van der Waals surface area contributed by atoms with Gasteiger partial charge in [0.05, 0.1) is 0 Å². The Morgan fingerprint density at radius 1 is 1.53 bits per heavy atom. The van der Waals surface area contributed by atoms with Crippen molar-refractivity contribution in [3.63, 3.8) is 0 Å². The number of fused-ring (bicyclic) bond motifs is 1. The number of aryl methyl sites for hydroxylation is 1. The first-order valence-corrected chi connectivity index (χ1v) is 5.65. The molecule has 2 N–H and O–H groups in total. The van der Waals surface area contributed by atoms with Crippen LogP contribution < -0.4 is 10.6 Å². The van der Waals surface area contributed by atoms with Crippen molar-refractivity contribution in [1.82, 2.24) is 0 Å². The summed E-state index contributed by atoms with van der Waals surface area (Å²) in [6, 6.07) is 7.01. The molecule has 1 aromatic carbocycles. The van der Waals surface area contributed by atoms with E-state index in [-0.39, 0.29) is 6.04 Å². The Morgan fingerprint density at radius 2 is 2.27 bits per heavy atom. The first kappa shape index (κ1) is 10.5. The van der Waals surface area contributed by atoms with Crippen molar-refractivity contribution in [3.8, 4) is 0 Å². The first-order valence-electron chi connectivity index (χ1n) is 5.65. The number of nitrogens with zero attached hydrogens (tertiary/aromatic N) is 1. The Kier molecular flexibility index (Phi) is 2.70. The summed E-state index contributed by atoms with van der Waals surface area (Å²) in [6.07, 6.45) is 1.08. The molecule has 0 amide bonds. The molecule has 1 aliphatic rings. The maximum absolute atomic E-state index is 5.89. The number of nitrogens with two attached hydrogens (primary N) is 1. The summed E-state index contributed by atoms with van der Waals surface area (Å²) >= 11 is 0. The summed E-state index contributed by atoms with van der Waals surface area (Å²) in [5.41, 5.74) is 10.1. The fourth-order valence-electron chi connectivity index (χ4n) is 2.53. The van der Waals surface area contributed by atoms with Gasteiger partial charge in [-0.1, -0.05) is 17.7 Å².